The zero-order valence-corrected chi connectivity index (χ0v) is 14.0. The smallest absolute Gasteiger partial charge is 0.242 e. The van der Waals surface area contributed by atoms with Crippen molar-refractivity contribution < 1.29 is 9.53 Å². The van der Waals surface area contributed by atoms with E-state index in [1.807, 2.05) is 22.6 Å². The standard InChI is InChI=1S/C16H22N6O2/c1-3-13-18-6-7-21(13)11-14(23)22-8-9-24-12(10-22)15-16(17-2)20-5-4-19-15/h4-7,12H,3,8-11H2,1-2H3,(H,17,20)/t12-/m1/s1. The Bertz CT molecular complexity index is 701. The van der Waals surface area contributed by atoms with Gasteiger partial charge in [-0.05, 0) is 0 Å². The summed E-state index contributed by atoms with van der Waals surface area (Å²) in [6, 6.07) is 0. The van der Waals surface area contributed by atoms with Crippen molar-refractivity contribution in [1.82, 2.24) is 24.4 Å². The SMILES string of the molecule is CCc1nccn1CC(=O)N1CCO[C@@H](c2nccnc2NC)C1. The Balaban J connectivity index is 1.70. The number of imidazole rings is 1. The summed E-state index contributed by atoms with van der Waals surface area (Å²) in [5.74, 6) is 1.66. The molecule has 0 radical (unpaired) electrons. The maximum absolute atomic E-state index is 12.6. The summed E-state index contributed by atoms with van der Waals surface area (Å²) in [4.78, 5) is 27.3. The van der Waals surface area contributed by atoms with Crippen LogP contribution in [-0.2, 0) is 22.5 Å². The third-order valence-corrected chi connectivity index (χ3v) is 4.11. The number of hydrogen-bond donors (Lipinski definition) is 1. The molecular weight excluding hydrogens is 308 g/mol. The molecule has 1 amide bonds. The predicted octanol–water partition coefficient (Wildman–Crippen LogP) is 0.877. The van der Waals surface area contributed by atoms with Gasteiger partial charge in [0.15, 0.2) is 0 Å². The molecule has 1 N–H and O–H groups in total. The molecule has 0 bridgehead atoms. The van der Waals surface area contributed by atoms with Gasteiger partial charge >= 0.3 is 0 Å². The van der Waals surface area contributed by atoms with Gasteiger partial charge in [-0.3, -0.25) is 9.78 Å². The Kier molecular flexibility index (Phi) is 5.05. The van der Waals surface area contributed by atoms with Gasteiger partial charge in [0.2, 0.25) is 5.91 Å². The minimum absolute atomic E-state index is 0.0610. The van der Waals surface area contributed by atoms with Crippen LogP contribution in [0.5, 0.6) is 0 Å². The second-order valence-corrected chi connectivity index (χ2v) is 5.56. The topological polar surface area (TPSA) is 85.2 Å². The van der Waals surface area contributed by atoms with Crippen molar-refractivity contribution in [1.29, 1.82) is 0 Å². The Morgan fingerprint density at radius 2 is 2.17 bits per heavy atom. The summed E-state index contributed by atoms with van der Waals surface area (Å²) in [6.07, 6.45) is 7.37. The summed E-state index contributed by atoms with van der Waals surface area (Å²) < 4.78 is 7.71. The first-order valence-corrected chi connectivity index (χ1v) is 8.11. The zero-order valence-electron chi connectivity index (χ0n) is 14.0. The molecule has 8 heteroatoms. The first kappa shape index (κ1) is 16.4. The fraction of sp³-hybridized carbons (Fsp3) is 0.500. The predicted molar refractivity (Wildman–Crippen MR) is 88.5 cm³/mol. The van der Waals surface area contributed by atoms with E-state index in [1.54, 1.807) is 25.6 Å². The third kappa shape index (κ3) is 3.38. The molecule has 3 heterocycles. The van der Waals surface area contributed by atoms with Crippen LogP contribution in [0.4, 0.5) is 5.82 Å². The monoisotopic (exact) mass is 330 g/mol. The number of nitrogens with one attached hydrogen (secondary N) is 1. The van der Waals surface area contributed by atoms with Crippen LogP contribution in [0.1, 0.15) is 24.5 Å². The summed E-state index contributed by atoms with van der Waals surface area (Å²) in [7, 11) is 1.80. The molecule has 128 valence electrons. The second-order valence-electron chi connectivity index (χ2n) is 5.56. The van der Waals surface area contributed by atoms with Crippen LogP contribution in [-0.4, -0.2) is 57.1 Å². The van der Waals surface area contributed by atoms with E-state index in [0.29, 0.717) is 32.1 Å². The lowest BCUT2D eigenvalue weighted by Crippen LogP contribution is -2.44. The average Bonchev–Trinajstić information content (AvgIpc) is 3.08. The number of aryl methyl sites for hydroxylation is 1. The van der Waals surface area contributed by atoms with E-state index in [1.165, 1.54) is 0 Å². The van der Waals surface area contributed by atoms with Gasteiger partial charge in [-0.1, -0.05) is 6.92 Å². The molecule has 1 saturated heterocycles. The van der Waals surface area contributed by atoms with Crippen molar-refractivity contribution in [2.75, 3.05) is 32.1 Å². The first-order valence-electron chi connectivity index (χ1n) is 8.11. The number of carbonyl (C=O) groups is 1. The van der Waals surface area contributed by atoms with Crippen LogP contribution >= 0.6 is 0 Å². The fourth-order valence-electron chi connectivity index (χ4n) is 2.86. The van der Waals surface area contributed by atoms with Crippen LogP contribution in [0.25, 0.3) is 0 Å². The van der Waals surface area contributed by atoms with Crippen LogP contribution in [0.2, 0.25) is 0 Å². The molecule has 1 aliphatic heterocycles. The minimum atomic E-state index is -0.271. The van der Waals surface area contributed by atoms with Crippen molar-refractivity contribution in [3.05, 3.63) is 36.3 Å². The number of rotatable bonds is 5. The van der Waals surface area contributed by atoms with E-state index in [2.05, 4.69) is 20.3 Å². The summed E-state index contributed by atoms with van der Waals surface area (Å²) >= 11 is 0. The van der Waals surface area contributed by atoms with Gasteiger partial charge in [-0.15, -0.1) is 0 Å². The highest BCUT2D eigenvalue weighted by Gasteiger charge is 2.28. The number of ether oxygens (including phenoxy) is 1. The molecule has 0 aromatic carbocycles. The molecule has 1 fully saturated rings. The number of aromatic nitrogens is 4. The summed E-state index contributed by atoms with van der Waals surface area (Å²) in [5, 5.41) is 3.02. The lowest BCUT2D eigenvalue weighted by Gasteiger charge is -2.33. The molecule has 2 aromatic heterocycles. The molecule has 24 heavy (non-hydrogen) atoms. The molecule has 0 aliphatic carbocycles. The van der Waals surface area contributed by atoms with E-state index in [9.17, 15) is 4.79 Å². The molecular formula is C16H22N6O2. The number of carbonyl (C=O) groups excluding carboxylic acids is 1. The summed E-state index contributed by atoms with van der Waals surface area (Å²) in [6.45, 7) is 3.88. The minimum Gasteiger partial charge on any atom is -0.372 e. The van der Waals surface area contributed by atoms with Crippen molar-refractivity contribution in [2.24, 2.45) is 0 Å². The zero-order chi connectivity index (χ0) is 16.9. The van der Waals surface area contributed by atoms with Gasteiger partial charge in [0.05, 0.1) is 13.2 Å². The van der Waals surface area contributed by atoms with Crippen LogP contribution in [0, 0.1) is 0 Å². The molecule has 3 rings (SSSR count). The van der Waals surface area contributed by atoms with Gasteiger partial charge < -0.3 is 19.5 Å². The maximum Gasteiger partial charge on any atom is 0.242 e. The highest BCUT2D eigenvalue weighted by Crippen LogP contribution is 2.25. The quantitative estimate of drug-likeness (QED) is 0.876. The fourth-order valence-corrected chi connectivity index (χ4v) is 2.86. The van der Waals surface area contributed by atoms with Crippen molar-refractivity contribution in [3.8, 4) is 0 Å². The van der Waals surface area contributed by atoms with Crippen LogP contribution < -0.4 is 5.32 Å². The maximum atomic E-state index is 12.6. The average molecular weight is 330 g/mol. The van der Waals surface area contributed by atoms with Crippen molar-refractivity contribution >= 4 is 11.7 Å². The van der Waals surface area contributed by atoms with E-state index in [-0.39, 0.29) is 12.0 Å². The highest BCUT2D eigenvalue weighted by atomic mass is 16.5. The normalized spacial score (nSPS) is 17.8. The lowest BCUT2D eigenvalue weighted by molar-refractivity contribution is -0.139. The Morgan fingerprint density at radius 1 is 1.33 bits per heavy atom. The molecule has 2 aromatic rings. The van der Waals surface area contributed by atoms with Gasteiger partial charge in [0, 0.05) is 44.8 Å². The molecule has 8 nitrogen and oxygen atoms in total. The van der Waals surface area contributed by atoms with E-state index in [4.69, 9.17) is 4.74 Å². The van der Waals surface area contributed by atoms with Gasteiger partial charge in [0.1, 0.15) is 30.0 Å². The van der Waals surface area contributed by atoms with Crippen LogP contribution in [0.15, 0.2) is 24.8 Å². The largest absolute Gasteiger partial charge is 0.372 e. The van der Waals surface area contributed by atoms with Gasteiger partial charge in [0.25, 0.3) is 0 Å². The molecule has 0 saturated carbocycles. The molecule has 0 unspecified atom stereocenters. The van der Waals surface area contributed by atoms with Crippen molar-refractivity contribution in [3.63, 3.8) is 0 Å². The van der Waals surface area contributed by atoms with Crippen molar-refractivity contribution in [2.45, 2.75) is 26.0 Å². The Morgan fingerprint density at radius 3 is 2.96 bits per heavy atom. The third-order valence-electron chi connectivity index (χ3n) is 4.11. The van der Waals surface area contributed by atoms with E-state index < -0.39 is 0 Å². The molecule has 1 atom stereocenters. The Hall–Kier alpha value is -2.48. The molecule has 0 spiro atoms. The highest BCUT2D eigenvalue weighted by molar-refractivity contribution is 5.76. The lowest BCUT2D eigenvalue weighted by atomic mass is 10.2. The first-order chi connectivity index (χ1) is 11.7. The van der Waals surface area contributed by atoms with Gasteiger partial charge in [-0.25, -0.2) is 9.97 Å². The van der Waals surface area contributed by atoms with E-state index in [0.717, 1.165) is 17.9 Å². The second kappa shape index (κ2) is 7.39. The Labute approximate surface area is 140 Å². The summed E-state index contributed by atoms with van der Waals surface area (Å²) in [5.41, 5.74) is 0.731. The number of hydrogen-bond acceptors (Lipinski definition) is 6. The van der Waals surface area contributed by atoms with Gasteiger partial charge in [-0.2, -0.15) is 0 Å². The molecule has 1 aliphatic rings. The number of anilines is 1. The van der Waals surface area contributed by atoms with Crippen LogP contribution in [0.3, 0.4) is 0 Å². The number of morpholine rings is 1. The number of nitrogens with zero attached hydrogens (tertiary/aromatic N) is 5. The number of amides is 1. The van der Waals surface area contributed by atoms with E-state index >= 15 is 0 Å².